The Hall–Kier alpha value is -3.66. The second-order valence-corrected chi connectivity index (χ2v) is 9.52. The summed E-state index contributed by atoms with van der Waals surface area (Å²) in [6.45, 7) is 7.19. The average molecular weight is 501 g/mol. The molecule has 1 fully saturated rings. The van der Waals surface area contributed by atoms with Crippen LogP contribution in [0, 0.1) is 0 Å². The molecule has 37 heavy (non-hydrogen) atoms. The molecule has 1 N–H and O–H groups in total. The van der Waals surface area contributed by atoms with Crippen molar-refractivity contribution in [2.45, 2.75) is 19.6 Å². The van der Waals surface area contributed by atoms with Crippen molar-refractivity contribution in [3.8, 4) is 28.6 Å². The van der Waals surface area contributed by atoms with Crippen molar-refractivity contribution in [2.24, 2.45) is 0 Å². The molecule has 9 heteroatoms. The molecule has 0 aliphatic carbocycles. The molecular formula is C28H32N6O3. The monoisotopic (exact) mass is 500 g/mol. The Bertz CT molecular complexity index is 1330. The maximum atomic E-state index is 6.26. The molecule has 2 aromatic heterocycles. The highest BCUT2D eigenvalue weighted by molar-refractivity contribution is 5.64. The van der Waals surface area contributed by atoms with Gasteiger partial charge in [0, 0.05) is 74.8 Å². The lowest BCUT2D eigenvalue weighted by molar-refractivity contribution is 0.0342. The summed E-state index contributed by atoms with van der Waals surface area (Å²) < 4.78 is 19.6. The van der Waals surface area contributed by atoms with Gasteiger partial charge in [-0.2, -0.15) is 0 Å². The molecule has 4 aromatic rings. The minimum Gasteiger partial charge on any atom is -0.493 e. The van der Waals surface area contributed by atoms with Crippen LogP contribution in [0.1, 0.15) is 16.8 Å². The molecule has 6 rings (SSSR count). The van der Waals surface area contributed by atoms with Gasteiger partial charge < -0.3 is 19.2 Å². The van der Waals surface area contributed by atoms with E-state index < -0.39 is 0 Å². The molecule has 1 saturated heterocycles. The second-order valence-electron chi connectivity index (χ2n) is 9.52. The summed E-state index contributed by atoms with van der Waals surface area (Å²) in [6.07, 6.45) is 7.49. The van der Waals surface area contributed by atoms with Gasteiger partial charge in [0.15, 0.2) is 11.5 Å². The lowest BCUT2D eigenvalue weighted by Gasteiger charge is -2.27. The Kier molecular flexibility index (Phi) is 6.90. The van der Waals surface area contributed by atoms with Gasteiger partial charge in [-0.1, -0.05) is 6.07 Å². The maximum Gasteiger partial charge on any atom is 0.161 e. The fourth-order valence-electron chi connectivity index (χ4n) is 5.11. The number of morpholine rings is 1. The molecule has 9 nitrogen and oxygen atoms in total. The van der Waals surface area contributed by atoms with Crippen LogP contribution in [-0.2, 0) is 24.4 Å². The summed E-state index contributed by atoms with van der Waals surface area (Å²) in [5.74, 6) is 2.30. The molecule has 0 spiro atoms. The van der Waals surface area contributed by atoms with E-state index >= 15 is 0 Å². The van der Waals surface area contributed by atoms with E-state index in [-0.39, 0.29) is 0 Å². The van der Waals surface area contributed by atoms with Crippen LogP contribution < -0.4 is 9.47 Å². The van der Waals surface area contributed by atoms with Crippen molar-refractivity contribution in [3.63, 3.8) is 0 Å². The van der Waals surface area contributed by atoms with Gasteiger partial charge in [-0.15, -0.1) is 0 Å². The SMILES string of the molecule is COc1ccc2cc1OCCN(Cc1cnc[nH]1)Cc1cc(CN3CCOCC3)cc(c1)-n1ccnc1-2. The number of methoxy groups -OCH3 is 1. The smallest absolute Gasteiger partial charge is 0.161 e. The number of ether oxygens (including phenoxy) is 3. The van der Waals surface area contributed by atoms with Gasteiger partial charge in [-0.05, 0) is 41.5 Å². The van der Waals surface area contributed by atoms with E-state index in [0.29, 0.717) is 12.4 Å². The topological polar surface area (TPSA) is 80.7 Å². The normalized spacial score (nSPS) is 16.7. The summed E-state index contributed by atoms with van der Waals surface area (Å²) >= 11 is 0. The number of benzene rings is 2. The zero-order valence-electron chi connectivity index (χ0n) is 21.1. The van der Waals surface area contributed by atoms with Crippen molar-refractivity contribution in [2.75, 3.05) is 46.6 Å². The molecular weight excluding hydrogens is 468 g/mol. The second kappa shape index (κ2) is 10.8. The van der Waals surface area contributed by atoms with E-state index in [4.69, 9.17) is 19.2 Å². The number of imidazole rings is 2. The lowest BCUT2D eigenvalue weighted by Crippen LogP contribution is -2.35. The van der Waals surface area contributed by atoms with Crippen LogP contribution in [0.15, 0.2) is 61.3 Å². The lowest BCUT2D eigenvalue weighted by atomic mass is 10.1. The number of fused-ring (bicyclic) bond motifs is 7. The molecule has 2 aromatic carbocycles. The predicted molar refractivity (Wildman–Crippen MR) is 140 cm³/mol. The van der Waals surface area contributed by atoms with E-state index in [1.165, 1.54) is 11.1 Å². The van der Waals surface area contributed by atoms with E-state index in [2.05, 4.69) is 42.5 Å². The number of rotatable bonds is 5. The average Bonchev–Trinajstić information content (AvgIpc) is 3.61. The summed E-state index contributed by atoms with van der Waals surface area (Å²) in [7, 11) is 1.67. The minimum atomic E-state index is 0.530. The minimum absolute atomic E-state index is 0.530. The Morgan fingerprint density at radius 1 is 1.00 bits per heavy atom. The van der Waals surface area contributed by atoms with Crippen LogP contribution in [-0.4, -0.2) is 75.9 Å². The first kappa shape index (κ1) is 23.7. The molecule has 192 valence electrons. The summed E-state index contributed by atoms with van der Waals surface area (Å²) in [4.78, 5) is 17.0. The first-order chi connectivity index (χ1) is 18.2. The van der Waals surface area contributed by atoms with Crippen LogP contribution in [0.2, 0.25) is 0 Å². The van der Waals surface area contributed by atoms with Crippen molar-refractivity contribution >= 4 is 0 Å². The Balaban J connectivity index is 1.42. The van der Waals surface area contributed by atoms with Gasteiger partial charge in [-0.25, -0.2) is 9.97 Å². The summed E-state index contributed by atoms with van der Waals surface area (Å²) in [5.41, 5.74) is 5.70. The molecule has 2 aliphatic heterocycles. The number of aromatic nitrogens is 4. The first-order valence-electron chi connectivity index (χ1n) is 12.7. The zero-order valence-corrected chi connectivity index (χ0v) is 21.1. The molecule has 0 atom stereocenters. The van der Waals surface area contributed by atoms with Crippen molar-refractivity contribution in [1.82, 2.24) is 29.3 Å². The van der Waals surface area contributed by atoms with Crippen LogP contribution >= 0.6 is 0 Å². The third-order valence-corrected chi connectivity index (χ3v) is 6.91. The van der Waals surface area contributed by atoms with Crippen molar-refractivity contribution < 1.29 is 14.2 Å². The number of H-pyrrole nitrogens is 1. The molecule has 0 saturated carbocycles. The fourth-order valence-corrected chi connectivity index (χ4v) is 5.11. The molecule has 2 aliphatic rings. The molecule has 4 bridgehead atoms. The molecule has 0 unspecified atom stereocenters. The Morgan fingerprint density at radius 3 is 2.73 bits per heavy atom. The summed E-state index contributed by atoms with van der Waals surface area (Å²) in [6, 6.07) is 12.9. The molecule has 4 heterocycles. The third kappa shape index (κ3) is 5.39. The summed E-state index contributed by atoms with van der Waals surface area (Å²) in [5, 5.41) is 0. The van der Waals surface area contributed by atoms with Gasteiger partial charge >= 0.3 is 0 Å². The van der Waals surface area contributed by atoms with E-state index in [1.807, 2.05) is 36.8 Å². The largest absolute Gasteiger partial charge is 0.493 e. The zero-order chi connectivity index (χ0) is 25.0. The number of nitrogens with one attached hydrogen (secondary N) is 1. The van der Waals surface area contributed by atoms with Gasteiger partial charge in [0.05, 0.1) is 26.7 Å². The third-order valence-electron chi connectivity index (χ3n) is 6.91. The van der Waals surface area contributed by atoms with Crippen LogP contribution in [0.3, 0.4) is 0 Å². The predicted octanol–water partition coefficient (Wildman–Crippen LogP) is 3.50. The first-order valence-corrected chi connectivity index (χ1v) is 12.7. The van der Waals surface area contributed by atoms with Gasteiger partial charge in [0.1, 0.15) is 12.4 Å². The number of hydrogen-bond donors (Lipinski definition) is 1. The standard InChI is InChI=1S/C28H32N6O3/c1-35-26-3-2-23-15-27(26)37-11-8-33(19-24-16-29-20-31-24)18-22-12-21(17-32-6-9-36-10-7-32)13-25(14-22)34-5-4-30-28(23)34/h2-5,12-16,20H,6-11,17-19H2,1H3,(H,29,31). The van der Waals surface area contributed by atoms with Crippen molar-refractivity contribution in [1.29, 1.82) is 0 Å². The highest BCUT2D eigenvalue weighted by Gasteiger charge is 2.18. The molecule has 0 amide bonds. The highest BCUT2D eigenvalue weighted by atomic mass is 16.5. The van der Waals surface area contributed by atoms with E-state index in [9.17, 15) is 0 Å². The van der Waals surface area contributed by atoms with E-state index in [0.717, 1.165) is 81.0 Å². The number of aromatic amines is 1. The van der Waals surface area contributed by atoms with Gasteiger partial charge in [-0.3, -0.25) is 14.4 Å². The molecule has 0 radical (unpaired) electrons. The Morgan fingerprint density at radius 2 is 1.89 bits per heavy atom. The Labute approximate surface area is 216 Å². The maximum absolute atomic E-state index is 6.26. The van der Waals surface area contributed by atoms with Crippen LogP contribution in [0.4, 0.5) is 0 Å². The van der Waals surface area contributed by atoms with Crippen molar-refractivity contribution in [3.05, 3.63) is 78.1 Å². The number of nitrogens with zero attached hydrogens (tertiary/aromatic N) is 5. The number of hydrogen-bond acceptors (Lipinski definition) is 7. The quantitative estimate of drug-likeness (QED) is 0.449. The van der Waals surface area contributed by atoms with Crippen LogP contribution in [0.25, 0.3) is 17.1 Å². The highest BCUT2D eigenvalue weighted by Crippen LogP contribution is 2.33. The van der Waals surface area contributed by atoms with Gasteiger partial charge in [0.25, 0.3) is 0 Å². The van der Waals surface area contributed by atoms with Gasteiger partial charge in [0.2, 0.25) is 0 Å². The fraction of sp³-hybridized carbons (Fsp3) is 0.357. The van der Waals surface area contributed by atoms with Crippen LogP contribution in [0.5, 0.6) is 11.5 Å². The van der Waals surface area contributed by atoms with E-state index in [1.54, 1.807) is 13.4 Å².